The molecule has 27 heavy (non-hydrogen) atoms. The molecule has 1 N–H and O–H groups in total. The van der Waals surface area contributed by atoms with Gasteiger partial charge in [0.15, 0.2) is 0 Å². The molecule has 2 aliphatic heterocycles. The van der Waals surface area contributed by atoms with Crippen molar-refractivity contribution in [2.75, 3.05) is 44.7 Å². The van der Waals surface area contributed by atoms with Gasteiger partial charge in [0.1, 0.15) is 0 Å². The Morgan fingerprint density at radius 1 is 1.22 bits per heavy atom. The molecule has 0 saturated carbocycles. The van der Waals surface area contributed by atoms with E-state index in [1.54, 1.807) is 11.0 Å². The van der Waals surface area contributed by atoms with Gasteiger partial charge < -0.3 is 19.1 Å². The van der Waals surface area contributed by atoms with Crippen LogP contribution in [0.25, 0.3) is 0 Å². The molecule has 1 unspecified atom stereocenters. The molecule has 0 bridgehead atoms. The van der Waals surface area contributed by atoms with E-state index >= 15 is 0 Å². The third kappa shape index (κ3) is 5.00. The van der Waals surface area contributed by atoms with Crippen LogP contribution < -0.4 is 5.32 Å². The summed E-state index contributed by atoms with van der Waals surface area (Å²) >= 11 is 0. The zero-order valence-corrected chi connectivity index (χ0v) is 16.3. The molecule has 8 heteroatoms. The number of hydrogen-bond acceptors (Lipinski definition) is 5. The summed E-state index contributed by atoms with van der Waals surface area (Å²) in [5.74, 6) is 0.929. The molecule has 2 fully saturated rings. The number of ether oxygens (including phenoxy) is 1. The molecule has 1 aromatic rings. The summed E-state index contributed by atoms with van der Waals surface area (Å²) in [6, 6.07) is 1.58. The first-order valence-electron chi connectivity index (χ1n) is 9.97. The van der Waals surface area contributed by atoms with Crippen molar-refractivity contribution in [3.63, 3.8) is 0 Å². The summed E-state index contributed by atoms with van der Waals surface area (Å²) < 4.78 is 10.6. The molecule has 150 valence electrons. The zero-order chi connectivity index (χ0) is 19.2. The smallest absolute Gasteiger partial charge is 0.324 e. The fraction of sp³-hybridized carbons (Fsp3) is 0.737. The van der Waals surface area contributed by atoms with E-state index in [9.17, 15) is 9.59 Å². The lowest BCUT2D eigenvalue weighted by Gasteiger charge is -2.28. The number of urea groups is 1. The maximum absolute atomic E-state index is 12.7. The molecule has 3 heterocycles. The number of amides is 3. The van der Waals surface area contributed by atoms with Crippen molar-refractivity contribution in [2.24, 2.45) is 5.92 Å². The number of hydrogen-bond donors (Lipinski definition) is 1. The van der Waals surface area contributed by atoms with E-state index in [2.05, 4.69) is 24.3 Å². The second-order valence-electron chi connectivity index (χ2n) is 7.41. The largest absolute Gasteiger partial charge is 0.381 e. The predicted octanol–water partition coefficient (Wildman–Crippen LogP) is 2.68. The molecule has 0 radical (unpaired) electrons. The zero-order valence-electron chi connectivity index (χ0n) is 16.3. The quantitative estimate of drug-likeness (QED) is 0.870. The molecule has 8 nitrogen and oxygen atoms in total. The molecule has 2 saturated heterocycles. The third-order valence-corrected chi connectivity index (χ3v) is 5.54. The van der Waals surface area contributed by atoms with E-state index in [4.69, 9.17) is 9.26 Å². The van der Waals surface area contributed by atoms with E-state index in [0.29, 0.717) is 51.2 Å². The van der Waals surface area contributed by atoms with Crippen LogP contribution in [0.3, 0.4) is 0 Å². The van der Waals surface area contributed by atoms with Gasteiger partial charge >= 0.3 is 6.03 Å². The molecule has 0 spiro atoms. The van der Waals surface area contributed by atoms with Crippen LogP contribution in [-0.4, -0.2) is 66.3 Å². The fourth-order valence-corrected chi connectivity index (χ4v) is 3.52. The van der Waals surface area contributed by atoms with Gasteiger partial charge in [-0.3, -0.25) is 10.1 Å². The van der Waals surface area contributed by atoms with E-state index in [-0.39, 0.29) is 17.9 Å². The van der Waals surface area contributed by atoms with Gasteiger partial charge in [-0.15, -0.1) is 0 Å². The minimum Gasteiger partial charge on any atom is -0.381 e. The van der Waals surface area contributed by atoms with Gasteiger partial charge in [-0.25, -0.2) is 4.79 Å². The molecule has 1 aromatic heterocycles. The molecular weight excluding hydrogens is 348 g/mol. The average Bonchev–Trinajstić information content (AvgIpc) is 3.02. The Labute approximate surface area is 160 Å². The second-order valence-corrected chi connectivity index (χ2v) is 7.41. The minimum absolute atomic E-state index is 0.0623. The molecule has 0 aromatic carbocycles. The molecule has 3 rings (SSSR count). The molecular formula is C19H30N4O4. The Balaban J connectivity index is 1.51. The lowest BCUT2D eigenvalue weighted by atomic mass is 9.98. The fourth-order valence-electron chi connectivity index (χ4n) is 3.52. The summed E-state index contributed by atoms with van der Waals surface area (Å²) in [5, 5.41) is 6.80. The molecule has 2 aliphatic rings. The standard InChI is InChI=1S/C19H30N4O4/c1-3-14(2)16-13-17(27-21-16)20-19(25)23-8-4-7-22(9-10-23)18(24)15-5-11-26-12-6-15/h13-15H,3-12H2,1-2H3,(H,20,25). The maximum atomic E-state index is 12.7. The van der Waals surface area contributed by atoms with E-state index in [1.807, 2.05) is 4.90 Å². The van der Waals surface area contributed by atoms with Crippen LogP contribution in [0.15, 0.2) is 10.6 Å². The van der Waals surface area contributed by atoms with E-state index in [1.165, 1.54) is 0 Å². The predicted molar refractivity (Wildman–Crippen MR) is 101 cm³/mol. The molecule has 3 amide bonds. The lowest BCUT2D eigenvalue weighted by Crippen LogP contribution is -2.42. The summed E-state index contributed by atoms with van der Waals surface area (Å²) in [6.07, 6.45) is 3.33. The normalized spacial score (nSPS) is 20.2. The summed E-state index contributed by atoms with van der Waals surface area (Å²) in [5.41, 5.74) is 0.844. The number of carbonyl (C=O) groups is 2. The highest BCUT2D eigenvalue weighted by molar-refractivity contribution is 5.88. The van der Waals surface area contributed by atoms with Crippen molar-refractivity contribution < 1.29 is 18.8 Å². The van der Waals surface area contributed by atoms with Gasteiger partial charge in [-0.2, -0.15) is 0 Å². The Hall–Kier alpha value is -2.09. The molecule has 0 aliphatic carbocycles. The van der Waals surface area contributed by atoms with Crippen LogP contribution in [0, 0.1) is 5.92 Å². The van der Waals surface area contributed by atoms with Crippen LogP contribution in [0.2, 0.25) is 0 Å². The number of rotatable bonds is 4. The number of aromatic nitrogens is 1. The van der Waals surface area contributed by atoms with Gasteiger partial charge in [-0.05, 0) is 25.7 Å². The average molecular weight is 378 g/mol. The first-order valence-corrected chi connectivity index (χ1v) is 9.97. The summed E-state index contributed by atoms with van der Waals surface area (Å²) in [4.78, 5) is 28.9. The monoisotopic (exact) mass is 378 g/mol. The second kappa shape index (κ2) is 9.21. The van der Waals surface area contributed by atoms with E-state index < -0.39 is 0 Å². The minimum atomic E-state index is -0.206. The highest BCUT2D eigenvalue weighted by atomic mass is 16.5. The van der Waals surface area contributed by atoms with Crippen LogP contribution in [-0.2, 0) is 9.53 Å². The lowest BCUT2D eigenvalue weighted by molar-refractivity contribution is -0.138. The Kier molecular flexibility index (Phi) is 6.71. The van der Waals surface area contributed by atoms with Gasteiger partial charge in [0.2, 0.25) is 11.8 Å². The van der Waals surface area contributed by atoms with Gasteiger partial charge in [0.05, 0.1) is 5.69 Å². The summed E-state index contributed by atoms with van der Waals surface area (Å²) in [6.45, 7) is 7.88. The highest BCUT2D eigenvalue weighted by Crippen LogP contribution is 2.22. The Morgan fingerprint density at radius 3 is 2.67 bits per heavy atom. The van der Waals surface area contributed by atoms with Gasteiger partial charge in [0, 0.05) is 57.3 Å². The third-order valence-electron chi connectivity index (χ3n) is 5.54. The van der Waals surface area contributed by atoms with Crippen LogP contribution in [0.4, 0.5) is 10.7 Å². The van der Waals surface area contributed by atoms with Crippen molar-refractivity contribution in [3.05, 3.63) is 11.8 Å². The first kappa shape index (κ1) is 19.7. The van der Waals surface area contributed by atoms with Gasteiger partial charge in [-0.1, -0.05) is 19.0 Å². The topological polar surface area (TPSA) is 87.9 Å². The number of anilines is 1. The van der Waals surface area contributed by atoms with Crippen LogP contribution >= 0.6 is 0 Å². The van der Waals surface area contributed by atoms with E-state index in [0.717, 1.165) is 31.4 Å². The number of carbonyl (C=O) groups excluding carboxylic acids is 2. The molecule has 1 atom stereocenters. The van der Waals surface area contributed by atoms with Gasteiger partial charge in [0.25, 0.3) is 0 Å². The Morgan fingerprint density at radius 2 is 1.93 bits per heavy atom. The van der Waals surface area contributed by atoms with Crippen molar-refractivity contribution in [1.29, 1.82) is 0 Å². The van der Waals surface area contributed by atoms with Crippen molar-refractivity contribution in [3.8, 4) is 0 Å². The van der Waals surface area contributed by atoms with Crippen molar-refractivity contribution in [2.45, 2.75) is 45.4 Å². The number of nitrogens with one attached hydrogen (secondary N) is 1. The van der Waals surface area contributed by atoms with Crippen molar-refractivity contribution in [1.82, 2.24) is 15.0 Å². The van der Waals surface area contributed by atoms with Crippen LogP contribution in [0.1, 0.15) is 51.1 Å². The Bertz CT molecular complexity index is 641. The van der Waals surface area contributed by atoms with Crippen LogP contribution in [0.5, 0.6) is 0 Å². The SMILES string of the molecule is CCC(C)c1cc(NC(=O)N2CCCN(C(=O)C3CCOCC3)CC2)on1. The van der Waals surface area contributed by atoms with Crippen molar-refractivity contribution >= 4 is 17.8 Å². The highest BCUT2D eigenvalue weighted by Gasteiger charge is 2.28. The number of nitrogens with zero attached hydrogens (tertiary/aromatic N) is 3. The summed E-state index contributed by atoms with van der Waals surface area (Å²) in [7, 11) is 0. The first-order chi connectivity index (χ1) is 13.1. The maximum Gasteiger partial charge on any atom is 0.324 e.